The summed E-state index contributed by atoms with van der Waals surface area (Å²) in [7, 11) is 0. The van der Waals surface area contributed by atoms with E-state index >= 15 is 0 Å². The zero-order valence-corrected chi connectivity index (χ0v) is 6.74. The minimum absolute atomic E-state index is 0.0518. The molecule has 0 bridgehead atoms. The molecule has 0 amide bonds. The van der Waals surface area contributed by atoms with Gasteiger partial charge in [0.05, 0.1) is 19.3 Å². The monoisotopic (exact) mass is 170 g/mol. The molecule has 0 atom stereocenters. The molecule has 0 saturated heterocycles. The number of hydrogen-bond acceptors (Lipinski definition) is 4. The van der Waals surface area contributed by atoms with E-state index in [1.807, 2.05) is 0 Å². The summed E-state index contributed by atoms with van der Waals surface area (Å²) in [5.41, 5.74) is 0.452. The fourth-order valence-electron chi connectivity index (χ4n) is 0.830. The first-order valence-electron chi connectivity index (χ1n) is 3.65. The molecule has 0 unspecified atom stereocenters. The normalized spacial score (nSPS) is 9.75. The maximum absolute atomic E-state index is 10.9. The maximum atomic E-state index is 10.9. The molecule has 0 aliphatic carbocycles. The third-order valence-electron chi connectivity index (χ3n) is 1.36. The second-order valence-electron chi connectivity index (χ2n) is 2.23. The van der Waals surface area contributed by atoms with Gasteiger partial charge in [-0.3, -0.25) is 4.79 Å². The zero-order chi connectivity index (χ0) is 8.97. The van der Waals surface area contributed by atoms with Crippen molar-refractivity contribution < 1.29 is 19.1 Å². The molecule has 12 heavy (non-hydrogen) atoms. The first-order valence-corrected chi connectivity index (χ1v) is 3.65. The Morgan fingerprint density at radius 2 is 2.50 bits per heavy atom. The van der Waals surface area contributed by atoms with Gasteiger partial charge in [0.2, 0.25) is 0 Å². The number of carbonyl (C=O) groups is 1. The predicted molar refractivity (Wildman–Crippen MR) is 40.7 cm³/mol. The average molecular weight is 170 g/mol. The van der Waals surface area contributed by atoms with Gasteiger partial charge in [-0.05, 0) is 13.0 Å². The van der Waals surface area contributed by atoms with Gasteiger partial charge in [-0.2, -0.15) is 0 Å². The zero-order valence-electron chi connectivity index (χ0n) is 6.74. The van der Waals surface area contributed by atoms with Crippen LogP contribution < -0.4 is 0 Å². The fraction of sp³-hybridized carbons (Fsp3) is 0.375. The molecule has 4 heteroatoms. The molecule has 0 saturated carbocycles. The highest BCUT2D eigenvalue weighted by Gasteiger charge is 2.09. The van der Waals surface area contributed by atoms with Crippen molar-refractivity contribution in [3.05, 3.63) is 17.9 Å². The van der Waals surface area contributed by atoms with Gasteiger partial charge in [0.25, 0.3) is 5.95 Å². The van der Waals surface area contributed by atoms with Crippen molar-refractivity contribution in [2.24, 2.45) is 0 Å². The van der Waals surface area contributed by atoms with Crippen molar-refractivity contribution in [3.8, 4) is 5.95 Å². The molecule has 66 valence electrons. The van der Waals surface area contributed by atoms with E-state index in [0.717, 1.165) is 0 Å². The number of ether oxygens (including phenoxy) is 1. The average Bonchev–Trinajstić information content (AvgIpc) is 2.37. The molecule has 4 nitrogen and oxygen atoms in total. The number of hydrogen-bond donors (Lipinski definition) is 1. The van der Waals surface area contributed by atoms with Crippen LogP contribution >= 0.6 is 0 Å². The van der Waals surface area contributed by atoms with Gasteiger partial charge < -0.3 is 14.3 Å². The van der Waals surface area contributed by atoms with Crippen LogP contribution in [0, 0.1) is 0 Å². The Labute approximate surface area is 69.8 Å². The van der Waals surface area contributed by atoms with Crippen molar-refractivity contribution >= 4 is 5.97 Å². The molecule has 1 rings (SSSR count). The fourth-order valence-corrected chi connectivity index (χ4v) is 0.830. The van der Waals surface area contributed by atoms with Crippen molar-refractivity contribution in [3.63, 3.8) is 0 Å². The summed E-state index contributed by atoms with van der Waals surface area (Å²) in [5, 5.41) is 8.99. The van der Waals surface area contributed by atoms with Crippen LogP contribution in [0.1, 0.15) is 12.5 Å². The van der Waals surface area contributed by atoms with Gasteiger partial charge in [-0.1, -0.05) is 0 Å². The molecule has 0 aliphatic heterocycles. The van der Waals surface area contributed by atoms with E-state index in [4.69, 9.17) is 5.11 Å². The molecule has 0 aromatic carbocycles. The topological polar surface area (TPSA) is 59.7 Å². The van der Waals surface area contributed by atoms with E-state index in [2.05, 4.69) is 9.15 Å². The van der Waals surface area contributed by atoms with Crippen LogP contribution in [0.2, 0.25) is 0 Å². The van der Waals surface area contributed by atoms with Gasteiger partial charge in [0, 0.05) is 5.56 Å². The van der Waals surface area contributed by atoms with Gasteiger partial charge in [0.15, 0.2) is 0 Å². The van der Waals surface area contributed by atoms with Crippen LogP contribution in [0.15, 0.2) is 16.7 Å². The Balaban J connectivity index is 2.52. The van der Waals surface area contributed by atoms with Gasteiger partial charge in [-0.15, -0.1) is 0 Å². The summed E-state index contributed by atoms with van der Waals surface area (Å²) in [6.07, 6.45) is 1.38. The van der Waals surface area contributed by atoms with E-state index < -0.39 is 0 Å². The van der Waals surface area contributed by atoms with Crippen molar-refractivity contribution in [1.29, 1.82) is 0 Å². The standard InChI is InChI=1S/C8H10O4/c1-2-11-7(9)5-6-3-4-12-8(6)10/h3-4,10H,2,5H2,1H3. The lowest BCUT2D eigenvalue weighted by Gasteiger charge is -1.98. The SMILES string of the molecule is CCOC(=O)Cc1ccoc1O. The Bertz CT molecular complexity index is 264. The summed E-state index contributed by atoms with van der Waals surface area (Å²) in [4.78, 5) is 10.9. The molecular formula is C8H10O4. The molecule has 1 heterocycles. The summed E-state index contributed by atoms with van der Waals surface area (Å²) >= 11 is 0. The minimum atomic E-state index is -0.366. The molecule has 0 aliphatic rings. The van der Waals surface area contributed by atoms with Crippen LogP contribution in [0.4, 0.5) is 0 Å². The number of carbonyl (C=O) groups excluding carboxylic acids is 1. The first kappa shape index (κ1) is 8.64. The van der Waals surface area contributed by atoms with Gasteiger partial charge in [0.1, 0.15) is 0 Å². The highest BCUT2D eigenvalue weighted by Crippen LogP contribution is 2.17. The second-order valence-corrected chi connectivity index (χ2v) is 2.23. The summed E-state index contributed by atoms with van der Waals surface area (Å²) in [6, 6.07) is 1.53. The molecule has 0 spiro atoms. The summed E-state index contributed by atoms with van der Waals surface area (Å²) in [6.45, 7) is 2.07. The molecule has 1 N–H and O–H groups in total. The molecule has 0 radical (unpaired) electrons. The van der Waals surface area contributed by atoms with Crippen LogP contribution in [-0.2, 0) is 16.0 Å². The molecule has 0 fully saturated rings. The summed E-state index contributed by atoms with van der Waals surface area (Å²) in [5.74, 6) is -0.586. The molecular weight excluding hydrogens is 160 g/mol. The van der Waals surface area contributed by atoms with E-state index in [1.165, 1.54) is 12.3 Å². The Hall–Kier alpha value is -1.45. The Kier molecular flexibility index (Phi) is 2.74. The van der Waals surface area contributed by atoms with Crippen LogP contribution in [0.25, 0.3) is 0 Å². The smallest absolute Gasteiger partial charge is 0.310 e. The predicted octanol–water partition coefficient (Wildman–Crippen LogP) is 1.09. The third kappa shape index (κ3) is 2.02. The van der Waals surface area contributed by atoms with Crippen LogP contribution in [0.3, 0.4) is 0 Å². The first-order chi connectivity index (χ1) is 5.74. The van der Waals surface area contributed by atoms with Gasteiger partial charge in [-0.25, -0.2) is 0 Å². The van der Waals surface area contributed by atoms with E-state index in [0.29, 0.717) is 12.2 Å². The van der Waals surface area contributed by atoms with Crippen LogP contribution in [-0.4, -0.2) is 17.7 Å². The lowest BCUT2D eigenvalue weighted by atomic mass is 10.2. The third-order valence-corrected chi connectivity index (χ3v) is 1.36. The largest absolute Gasteiger partial charge is 0.481 e. The van der Waals surface area contributed by atoms with Crippen molar-refractivity contribution in [1.82, 2.24) is 0 Å². The van der Waals surface area contributed by atoms with Crippen LogP contribution in [0.5, 0.6) is 5.95 Å². The van der Waals surface area contributed by atoms with E-state index in [9.17, 15) is 4.79 Å². The minimum Gasteiger partial charge on any atom is -0.481 e. The molecule has 1 aromatic rings. The van der Waals surface area contributed by atoms with Crippen molar-refractivity contribution in [2.75, 3.05) is 6.61 Å². The number of esters is 1. The van der Waals surface area contributed by atoms with Gasteiger partial charge >= 0.3 is 5.97 Å². The van der Waals surface area contributed by atoms with Crippen molar-refractivity contribution in [2.45, 2.75) is 13.3 Å². The lowest BCUT2D eigenvalue weighted by Crippen LogP contribution is -2.06. The Morgan fingerprint density at radius 3 is 3.00 bits per heavy atom. The van der Waals surface area contributed by atoms with E-state index in [1.54, 1.807) is 6.92 Å². The highest BCUT2D eigenvalue weighted by atomic mass is 16.5. The number of rotatable bonds is 3. The number of furan rings is 1. The number of aromatic hydroxyl groups is 1. The maximum Gasteiger partial charge on any atom is 0.310 e. The quantitative estimate of drug-likeness (QED) is 0.690. The Morgan fingerprint density at radius 1 is 1.75 bits per heavy atom. The van der Waals surface area contributed by atoms with E-state index in [-0.39, 0.29) is 18.3 Å². The highest BCUT2D eigenvalue weighted by molar-refractivity contribution is 5.73. The summed E-state index contributed by atoms with van der Waals surface area (Å²) < 4.78 is 9.27. The molecule has 1 aromatic heterocycles. The lowest BCUT2D eigenvalue weighted by molar-refractivity contribution is -0.142. The second kappa shape index (κ2) is 3.80.